The molecule has 0 aliphatic rings. The van der Waals surface area contributed by atoms with E-state index in [0.29, 0.717) is 5.69 Å². The molecule has 0 saturated heterocycles. The van der Waals surface area contributed by atoms with Gasteiger partial charge in [-0.3, -0.25) is 4.79 Å². The molecule has 4 heteroatoms. The molecule has 0 aliphatic heterocycles. The number of anilines is 1. The summed E-state index contributed by atoms with van der Waals surface area (Å²) in [5.41, 5.74) is 1.39. The van der Waals surface area contributed by atoms with E-state index in [1.807, 2.05) is 19.1 Å². The Kier molecular flexibility index (Phi) is 3.67. The molecule has 0 fully saturated rings. The van der Waals surface area contributed by atoms with E-state index in [-0.39, 0.29) is 11.3 Å². The summed E-state index contributed by atoms with van der Waals surface area (Å²) < 4.78 is 0. The molecule has 4 nitrogen and oxygen atoms in total. The van der Waals surface area contributed by atoms with Crippen molar-refractivity contribution in [1.29, 1.82) is 5.26 Å². The van der Waals surface area contributed by atoms with Crippen molar-refractivity contribution >= 4 is 11.6 Å². The highest BCUT2D eigenvalue weighted by molar-refractivity contribution is 6.06. The van der Waals surface area contributed by atoms with Gasteiger partial charge < -0.3 is 10.4 Å². The molecule has 0 bridgehead atoms. The Labute approximate surface area is 93.8 Å². The maximum absolute atomic E-state index is 11.5. The number of aliphatic hydroxyl groups excluding tert-OH is 1. The number of allylic oxidation sites excluding steroid dienone is 1. The van der Waals surface area contributed by atoms with Crippen LogP contribution in [0, 0.1) is 18.3 Å². The van der Waals surface area contributed by atoms with Crippen molar-refractivity contribution in [3.8, 4) is 6.07 Å². The Morgan fingerprint density at radius 2 is 1.94 bits per heavy atom. The summed E-state index contributed by atoms with van der Waals surface area (Å²) in [5.74, 6) is -0.890. The summed E-state index contributed by atoms with van der Waals surface area (Å²) >= 11 is 0. The molecule has 0 radical (unpaired) electrons. The molecule has 0 aliphatic carbocycles. The van der Waals surface area contributed by atoms with Crippen LogP contribution >= 0.6 is 0 Å². The van der Waals surface area contributed by atoms with Crippen LogP contribution in [-0.2, 0) is 4.79 Å². The SMILES string of the molecule is C/C(O)=C(/C#N)C(=O)Nc1ccc(C)cc1. The van der Waals surface area contributed by atoms with Crippen LogP contribution in [0.3, 0.4) is 0 Å². The lowest BCUT2D eigenvalue weighted by Gasteiger charge is -2.04. The number of carbonyl (C=O) groups excluding carboxylic acids is 1. The largest absolute Gasteiger partial charge is 0.511 e. The Balaban J connectivity index is 2.84. The van der Waals surface area contributed by atoms with Gasteiger partial charge in [0, 0.05) is 5.69 Å². The molecule has 1 aromatic carbocycles. The zero-order valence-electron chi connectivity index (χ0n) is 9.11. The van der Waals surface area contributed by atoms with E-state index in [0.717, 1.165) is 5.56 Å². The molecule has 16 heavy (non-hydrogen) atoms. The fourth-order valence-electron chi connectivity index (χ4n) is 1.13. The first-order chi connectivity index (χ1) is 7.54. The lowest BCUT2D eigenvalue weighted by atomic mass is 10.2. The summed E-state index contributed by atoms with van der Waals surface area (Å²) in [4.78, 5) is 11.5. The minimum atomic E-state index is -0.605. The van der Waals surface area contributed by atoms with Gasteiger partial charge in [0.2, 0.25) is 0 Å². The van der Waals surface area contributed by atoms with E-state index in [9.17, 15) is 4.79 Å². The van der Waals surface area contributed by atoms with Crippen LogP contribution in [0.25, 0.3) is 0 Å². The van der Waals surface area contributed by atoms with E-state index < -0.39 is 5.91 Å². The Morgan fingerprint density at radius 1 is 1.38 bits per heavy atom. The van der Waals surface area contributed by atoms with Crippen LogP contribution in [0.4, 0.5) is 5.69 Å². The summed E-state index contributed by atoms with van der Waals surface area (Å²) in [6.45, 7) is 3.23. The zero-order chi connectivity index (χ0) is 12.1. The van der Waals surface area contributed by atoms with Gasteiger partial charge in [-0.2, -0.15) is 5.26 Å². The van der Waals surface area contributed by atoms with Gasteiger partial charge in [0.25, 0.3) is 5.91 Å². The second-order valence-electron chi connectivity index (χ2n) is 3.39. The van der Waals surface area contributed by atoms with Gasteiger partial charge in [0.05, 0.1) is 0 Å². The van der Waals surface area contributed by atoms with Crippen LogP contribution in [0.15, 0.2) is 35.6 Å². The third-order valence-corrected chi connectivity index (χ3v) is 2.01. The van der Waals surface area contributed by atoms with Gasteiger partial charge in [0.1, 0.15) is 11.8 Å². The minimum Gasteiger partial charge on any atom is -0.511 e. The zero-order valence-corrected chi connectivity index (χ0v) is 9.11. The van der Waals surface area contributed by atoms with E-state index in [4.69, 9.17) is 10.4 Å². The first-order valence-corrected chi connectivity index (χ1v) is 4.72. The second kappa shape index (κ2) is 4.99. The number of amides is 1. The Bertz CT molecular complexity index is 463. The number of rotatable bonds is 2. The normalized spacial score (nSPS) is 11.3. The molecule has 1 aromatic rings. The highest BCUT2D eigenvalue weighted by Crippen LogP contribution is 2.10. The number of hydrogen-bond acceptors (Lipinski definition) is 3. The molecular weight excluding hydrogens is 204 g/mol. The van der Waals surface area contributed by atoms with Crippen molar-refractivity contribution in [2.45, 2.75) is 13.8 Å². The van der Waals surface area contributed by atoms with Gasteiger partial charge in [-0.25, -0.2) is 0 Å². The number of benzene rings is 1. The van der Waals surface area contributed by atoms with Gasteiger partial charge in [-0.05, 0) is 26.0 Å². The lowest BCUT2D eigenvalue weighted by Crippen LogP contribution is -2.14. The van der Waals surface area contributed by atoms with Crippen molar-refractivity contribution in [1.82, 2.24) is 0 Å². The molecule has 1 amide bonds. The van der Waals surface area contributed by atoms with Crippen LogP contribution < -0.4 is 5.32 Å². The second-order valence-corrected chi connectivity index (χ2v) is 3.39. The smallest absolute Gasteiger partial charge is 0.269 e. The third-order valence-electron chi connectivity index (χ3n) is 2.01. The average Bonchev–Trinajstić information content (AvgIpc) is 2.22. The predicted octanol–water partition coefficient (Wildman–Crippen LogP) is 2.29. The molecule has 0 atom stereocenters. The fourth-order valence-corrected chi connectivity index (χ4v) is 1.13. The van der Waals surface area contributed by atoms with E-state index in [1.54, 1.807) is 18.2 Å². The molecule has 0 saturated carbocycles. The van der Waals surface area contributed by atoms with Crippen LogP contribution in [0.1, 0.15) is 12.5 Å². The molecule has 0 heterocycles. The van der Waals surface area contributed by atoms with Gasteiger partial charge >= 0.3 is 0 Å². The van der Waals surface area contributed by atoms with Crippen molar-refractivity contribution in [2.24, 2.45) is 0 Å². The molecule has 1 rings (SSSR count). The van der Waals surface area contributed by atoms with Crippen molar-refractivity contribution in [3.05, 3.63) is 41.2 Å². The van der Waals surface area contributed by atoms with Gasteiger partial charge in [-0.15, -0.1) is 0 Å². The van der Waals surface area contributed by atoms with Crippen LogP contribution in [0.2, 0.25) is 0 Å². The third kappa shape index (κ3) is 2.85. The van der Waals surface area contributed by atoms with Crippen LogP contribution in [0.5, 0.6) is 0 Å². The van der Waals surface area contributed by atoms with Crippen LogP contribution in [-0.4, -0.2) is 11.0 Å². The first-order valence-electron chi connectivity index (χ1n) is 4.72. The first kappa shape index (κ1) is 11.8. The van der Waals surface area contributed by atoms with Crippen molar-refractivity contribution in [2.75, 3.05) is 5.32 Å². The highest BCUT2D eigenvalue weighted by atomic mass is 16.3. The standard InChI is InChI=1S/C12H12N2O2/c1-8-3-5-10(6-4-8)14-12(16)11(7-13)9(2)15/h3-6,15H,1-2H3,(H,14,16)/b11-9+. The summed E-state index contributed by atoms with van der Waals surface area (Å²) in [5, 5.41) is 20.3. The predicted molar refractivity (Wildman–Crippen MR) is 60.8 cm³/mol. The molecule has 2 N–H and O–H groups in total. The minimum absolute atomic E-state index is 0.277. The Hall–Kier alpha value is -2.28. The van der Waals surface area contributed by atoms with E-state index in [1.165, 1.54) is 6.92 Å². The average molecular weight is 216 g/mol. The maximum atomic E-state index is 11.5. The fraction of sp³-hybridized carbons (Fsp3) is 0.167. The summed E-state index contributed by atoms with van der Waals surface area (Å²) in [6, 6.07) is 8.80. The quantitative estimate of drug-likeness (QED) is 0.452. The van der Waals surface area contributed by atoms with Crippen molar-refractivity contribution in [3.63, 3.8) is 0 Å². The number of nitrogens with zero attached hydrogens (tertiary/aromatic N) is 1. The molecule has 82 valence electrons. The number of hydrogen-bond donors (Lipinski definition) is 2. The summed E-state index contributed by atoms with van der Waals surface area (Å²) in [7, 11) is 0. The van der Waals surface area contributed by atoms with E-state index in [2.05, 4.69) is 5.32 Å². The number of nitriles is 1. The van der Waals surface area contributed by atoms with Gasteiger partial charge in [-0.1, -0.05) is 17.7 Å². The van der Waals surface area contributed by atoms with E-state index >= 15 is 0 Å². The maximum Gasteiger partial charge on any atom is 0.269 e. The molecule has 0 spiro atoms. The topological polar surface area (TPSA) is 73.1 Å². The monoisotopic (exact) mass is 216 g/mol. The molecular formula is C12H12N2O2. The summed E-state index contributed by atoms with van der Waals surface area (Å²) in [6.07, 6.45) is 0. The number of aryl methyl sites for hydroxylation is 1. The number of aliphatic hydroxyl groups is 1. The van der Waals surface area contributed by atoms with Gasteiger partial charge in [0.15, 0.2) is 5.57 Å². The number of carbonyl (C=O) groups is 1. The lowest BCUT2D eigenvalue weighted by molar-refractivity contribution is -0.112. The number of nitrogens with one attached hydrogen (secondary N) is 1. The molecule has 0 unspecified atom stereocenters. The molecule has 0 aromatic heterocycles. The van der Waals surface area contributed by atoms with Crippen molar-refractivity contribution < 1.29 is 9.90 Å². The highest BCUT2D eigenvalue weighted by Gasteiger charge is 2.12. The Morgan fingerprint density at radius 3 is 2.38 bits per heavy atom.